The van der Waals surface area contributed by atoms with Crippen LogP contribution in [-0.2, 0) is 5.41 Å². The third-order valence-electron chi connectivity index (χ3n) is 5.54. The highest BCUT2D eigenvalue weighted by atomic mass is 35.5. The van der Waals surface area contributed by atoms with Gasteiger partial charge in [0.05, 0.1) is 6.04 Å². The Hall–Kier alpha value is -4.24. The number of hydrogen-bond donors (Lipinski definition) is 4. The van der Waals surface area contributed by atoms with E-state index in [0.29, 0.717) is 16.3 Å². The highest BCUT2D eigenvalue weighted by Crippen LogP contribution is 2.27. The van der Waals surface area contributed by atoms with Crippen LogP contribution in [0.5, 0.6) is 0 Å². The zero-order valence-corrected chi connectivity index (χ0v) is 20.8. The number of anilines is 2. The van der Waals surface area contributed by atoms with Gasteiger partial charge in [-0.05, 0) is 57.7 Å². The van der Waals surface area contributed by atoms with E-state index < -0.39 is 6.04 Å². The van der Waals surface area contributed by atoms with E-state index >= 15 is 0 Å². The quantitative estimate of drug-likeness (QED) is 0.283. The number of hydrogen-bond acceptors (Lipinski definition) is 5. The molecule has 184 valence electrons. The van der Waals surface area contributed by atoms with Gasteiger partial charge in [-0.1, -0.05) is 79.9 Å². The fraction of sp³-hybridized carbons (Fsp3) is 0.192. The summed E-state index contributed by atoms with van der Waals surface area (Å²) >= 11 is 6.04. The van der Waals surface area contributed by atoms with Gasteiger partial charge in [-0.25, -0.2) is 4.79 Å². The average Bonchev–Trinajstić information content (AvgIpc) is 3.35. The van der Waals surface area contributed by atoms with E-state index in [9.17, 15) is 9.59 Å². The minimum absolute atomic E-state index is 0.000875. The van der Waals surface area contributed by atoms with Crippen molar-refractivity contribution in [1.82, 2.24) is 25.9 Å². The Morgan fingerprint density at radius 1 is 0.917 bits per heavy atom. The van der Waals surface area contributed by atoms with Crippen molar-refractivity contribution in [2.75, 3.05) is 10.6 Å². The molecule has 1 atom stereocenters. The number of carbonyl (C=O) groups is 2. The van der Waals surface area contributed by atoms with E-state index in [2.05, 4.69) is 69.5 Å². The number of carbonyl (C=O) groups excluding carboxylic acids is 2. The predicted octanol–water partition coefficient (Wildman–Crippen LogP) is 5.31. The van der Waals surface area contributed by atoms with Gasteiger partial charge in [-0.15, -0.1) is 5.10 Å². The molecular formula is C26H26ClN7O2. The zero-order valence-electron chi connectivity index (χ0n) is 20.0. The number of urea groups is 1. The van der Waals surface area contributed by atoms with Gasteiger partial charge < -0.3 is 10.6 Å². The minimum atomic E-state index is -0.465. The number of nitrogens with zero attached hydrogens (tertiary/aromatic N) is 3. The highest BCUT2D eigenvalue weighted by molar-refractivity contribution is 6.30. The Labute approximate surface area is 213 Å². The lowest BCUT2D eigenvalue weighted by Gasteiger charge is -2.23. The summed E-state index contributed by atoms with van der Waals surface area (Å²) in [5, 5.41) is 22.1. The standard InChI is InChI=1S/C26H26ClN7O2/c1-26(2,3)19-13-11-17(12-14-19)22(29-25(36)28-21-6-4-5-20(27)15-21)16-7-9-18(10-8-16)23(35)30-24-31-33-34-32-24/h4-15,22H,1-3H3,(H2,28,29,36)(H2,30,31,32,33,34,35). The lowest BCUT2D eigenvalue weighted by Crippen LogP contribution is -2.33. The number of nitrogens with one attached hydrogen (secondary N) is 4. The molecule has 1 unspecified atom stereocenters. The summed E-state index contributed by atoms with van der Waals surface area (Å²) in [5.41, 5.74) is 3.87. The van der Waals surface area contributed by atoms with Gasteiger partial charge >= 0.3 is 6.03 Å². The van der Waals surface area contributed by atoms with Crippen molar-refractivity contribution < 1.29 is 9.59 Å². The Balaban J connectivity index is 1.58. The Morgan fingerprint density at radius 2 is 1.58 bits per heavy atom. The first kappa shape index (κ1) is 24.9. The van der Waals surface area contributed by atoms with E-state index in [1.54, 1.807) is 48.5 Å². The first-order chi connectivity index (χ1) is 17.2. The van der Waals surface area contributed by atoms with Crippen molar-refractivity contribution in [2.45, 2.75) is 32.2 Å². The van der Waals surface area contributed by atoms with Crippen molar-refractivity contribution in [3.63, 3.8) is 0 Å². The summed E-state index contributed by atoms with van der Waals surface area (Å²) in [6, 6.07) is 21.2. The molecule has 0 aliphatic heterocycles. The summed E-state index contributed by atoms with van der Waals surface area (Å²) in [5.74, 6) is -0.291. The van der Waals surface area contributed by atoms with Crippen LogP contribution in [-0.4, -0.2) is 32.6 Å². The third-order valence-corrected chi connectivity index (χ3v) is 5.78. The molecular weight excluding hydrogens is 478 g/mol. The van der Waals surface area contributed by atoms with Gasteiger partial charge in [0, 0.05) is 16.3 Å². The molecule has 4 N–H and O–H groups in total. The van der Waals surface area contributed by atoms with E-state index in [0.717, 1.165) is 11.1 Å². The fourth-order valence-corrected chi connectivity index (χ4v) is 3.80. The van der Waals surface area contributed by atoms with Gasteiger partial charge in [0.2, 0.25) is 0 Å². The van der Waals surface area contributed by atoms with Gasteiger partial charge in [-0.2, -0.15) is 5.21 Å². The van der Waals surface area contributed by atoms with Crippen LogP contribution in [0.3, 0.4) is 0 Å². The highest BCUT2D eigenvalue weighted by Gasteiger charge is 2.20. The molecule has 9 nitrogen and oxygen atoms in total. The van der Waals surface area contributed by atoms with Crippen LogP contribution in [0.15, 0.2) is 72.8 Å². The van der Waals surface area contributed by atoms with E-state index in [1.165, 1.54) is 5.56 Å². The number of amides is 3. The normalized spacial score (nSPS) is 12.0. The number of benzene rings is 3. The molecule has 4 rings (SSSR count). The smallest absolute Gasteiger partial charge is 0.319 e. The van der Waals surface area contributed by atoms with Crippen molar-refractivity contribution in [2.24, 2.45) is 0 Å². The first-order valence-electron chi connectivity index (χ1n) is 11.3. The molecule has 0 spiro atoms. The van der Waals surface area contributed by atoms with Crippen LogP contribution in [0.2, 0.25) is 5.02 Å². The molecule has 0 saturated carbocycles. The summed E-state index contributed by atoms with van der Waals surface area (Å²) in [6.07, 6.45) is 0. The minimum Gasteiger partial charge on any atom is -0.327 e. The molecule has 36 heavy (non-hydrogen) atoms. The van der Waals surface area contributed by atoms with Crippen LogP contribution in [0.4, 0.5) is 16.4 Å². The number of tetrazole rings is 1. The van der Waals surface area contributed by atoms with Gasteiger partial charge in [0.25, 0.3) is 11.9 Å². The zero-order chi connectivity index (χ0) is 25.7. The maximum atomic E-state index is 12.9. The van der Waals surface area contributed by atoms with E-state index in [4.69, 9.17) is 11.6 Å². The molecule has 1 heterocycles. The fourth-order valence-electron chi connectivity index (χ4n) is 3.61. The second kappa shape index (κ2) is 10.6. The predicted molar refractivity (Wildman–Crippen MR) is 139 cm³/mol. The molecule has 3 aromatic carbocycles. The molecule has 0 fully saturated rings. The monoisotopic (exact) mass is 503 g/mol. The van der Waals surface area contributed by atoms with Crippen LogP contribution >= 0.6 is 11.6 Å². The van der Waals surface area contributed by atoms with Crippen molar-refractivity contribution in [3.05, 3.63) is 100 Å². The molecule has 3 amide bonds. The van der Waals surface area contributed by atoms with Crippen LogP contribution in [0.1, 0.15) is 53.9 Å². The molecule has 1 aromatic heterocycles. The maximum Gasteiger partial charge on any atom is 0.319 e. The first-order valence-corrected chi connectivity index (χ1v) is 11.6. The number of halogens is 1. The third kappa shape index (κ3) is 6.25. The summed E-state index contributed by atoms with van der Waals surface area (Å²) in [4.78, 5) is 25.4. The molecule has 10 heteroatoms. The van der Waals surface area contributed by atoms with Crippen molar-refractivity contribution in [3.8, 4) is 0 Å². The summed E-state index contributed by atoms with van der Waals surface area (Å²) in [7, 11) is 0. The number of aromatic amines is 1. The largest absolute Gasteiger partial charge is 0.327 e. The van der Waals surface area contributed by atoms with Gasteiger partial charge in [-0.3, -0.25) is 10.1 Å². The average molecular weight is 504 g/mol. The van der Waals surface area contributed by atoms with Crippen LogP contribution in [0.25, 0.3) is 0 Å². The lowest BCUT2D eigenvalue weighted by atomic mass is 9.85. The number of rotatable bonds is 6. The van der Waals surface area contributed by atoms with Crippen molar-refractivity contribution >= 4 is 35.2 Å². The molecule has 0 radical (unpaired) electrons. The Bertz CT molecular complexity index is 1330. The van der Waals surface area contributed by atoms with Crippen LogP contribution < -0.4 is 16.0 Å². The molecule has 0 aliphatic carbocycles. The number of H-pyrrole nitrogens is 1. The Morgan fingerprint density at radius 3 is 2.17 bits per heavy atom. The number of aromatic nitrogens is 4. The van der Waals surface area contributed by atoms with Gasteiger partial charge in [0.15, 0.2) is 0 Å². The lowest BCUT2D eigenvalue weighted by molar-refractivity contribution is 0.102. The van der Waals surface area contributed by atoms with Crippen LogP contribution in [0, 0.1) is 0 Å². The van der Waals surface area contributed by atoms with E-state index in [1.807, 2.05) is 12.1 Å². The molecule has 0 bridgehead atoms. The van der Waals surface area contributed by atoms with Gasteiger partial charge in [0.1, 0.15) is 0 Å². The summed E-state index contributed by atoms with van der Waals surface area (Å²) in [6.45, 7) is 6.44. The maximum absolute atomic E-state index is 12.9. The SMILES string of the molecule is CC(C)(C)c1ccc(C(NC(=O)Nc2cccc(Cl)c2)c2ccc(C(=O)Nc3nn[nH]n3)cc2)cc1. The van der Waals surface area contributed by atoms with E-state index in [-0.39, 0.29) is 23.3 Å². The second-order valence-corrected chi connectivity index (χ2v) is 9.66. The van der Waals surface area contributed by atoms with Crippen molar-refractivity contribution in [1.29, 1.82) is 0 Å². The summed E-state index contributed by atoms with van der Waals surface area (Å²) < 4.78 is 0. The molecule has 4 aromatic rings. The topological polar surface area (TPSA) is 125 Å². The second-order valence-electron chi connectivity index (χ2n) is 9.23. The Kier molecular flexibility index (Phi) is 7.30. The molecule has 0 saturated heterocycles. The molecule has 0 aliphatic rings.